The lowest BCUT2D eigenvalue weighted by molar-refractivity contribution is -0.389. The van der Waals surface area contributed by atoms with Gasteiger partial charge in [-0.1, -0.05) is 0 Å². The molecule has 0 bridgehead atoms. The standard InChI is InChI=1S/C9H11N3O3/c1-10-9-7(15-6-2-3-6)4-5-8(11-9)12(13)14/h4-6H,2-3H2,1H3,(H,10,11). The van der Waals surface area contributed by atoms with E-state index in [1.54, 1.807) is 13.1 Å². The topological polar surface area (TPSA) is 77.3 Å². The molecule has 0 amide bonds. The highest BCUT2D eigenvalue weighted by Crippen LogP contribution is 2.31. The summed E-state index contributed by atoms with van der Waals surface area (Å²) in [6, 6.07) is 2.92. The van der Waals surface area contributed by atoms with Crippen LogP contribution in [0, 0.1) is 10.1 Å². The number of ether oxygens (including phenoxy) is 1. The van der Waals surface area contributed by atoms with Crippen molar-refractivity contribution in [3.63, 3.8) is 0 Å². The second kappa shape index (κ2) is 3.72. The van der Waals surface area contributed by atoms with Crippen molar-refractivity contribution < 1.29 is 9.66 Å². The zero-order chi connectivity index (χ0) is 10.8. The van der Waals surface area contributed by atoms with Crippen molar-refractivity contribution in [3.8, 4) is 5.75 Å². The number of aromatic nitrogens is 1. The summed E-state index contributed by atoms with van der Waals surface area (Å²) in [4.78, 5) is 13.8. The van der Waals surface area contributed by atoms with E-state index in [1.165, 1.54) is 6.07 Å². The fourth-order valence-electron chi connectivity index (χ4n) is 1.18. The predicted molar refractivity (Wildman–Crippen MR) is 54.1 cm³/mol. The van der Waals surface area contributed by atoms with Crippen LogP contribution in [-0.4, -0.2) is 23.1 Å². The highest BCUT2D eigenvalue weighted by atomic mass is 16.6. The summed E-state index contributed by atoms with van der Waals surface area (Å²) in [5, 5.41) is 13.3. The highest BCUT2D eigenvalue weighted by molar-refractivity contribution is 5.52. The molecule has 0 atom stereocenters. The van der Waals surface area contributed by atoms with E-state index < -0.39 is 4.92 Å². The number of pyridine rings is 1. The van der Waals surface area contributed by atoms with Gasteiger partial charge in [0.25, 0.3) is 5.82 Å². The van der Waals surface area contributed by atoms with Crippen LogP contribution in [0.25, 0.3) is 0 Å². The Morgan fingerprint density at radius 2 is 2.33 bits per heavy atom. The molecule has 1 heterocycles. The molecular formula is C9H11N3O3. The van der Waals surface area contributed by atoms with E-state index in [9.17, 15) is 10.1 Å². The van der Waals surface area contributed by atoms with Crippen molar-refractivity contribution >= 4 is 11.6 Å². The average molecular weight is 209 g/mol. The lowest BCUT2D eigenvalue weighted by atomic mass is 10.4. The van der Waals surface area contributed by atoms with Crippen molar-refractivity contribution in [2.75, 3.05) is 12.4 Å². The Balaban J connectivity index is 2.25. The molecule has 0 saturated heterocycles. The average Bonchev–Trinajstić information content (AvgIpc) is 3.02. The molecule has 6 nitrogen and oxygen atoms in total. The van der Waals surface area contributed by atoms with Crippen LogP contribution in [0.5, 0.6) is 5.75 Å². The van der Waals surface area contributed by atoms with E-state index >= 15 is 0 Å². The fourth-order valence-corrected chi connectivity index (χ4v) is 1.18. The largest absolute Gasteiger partial charge is 0.484 e. The first kappa shape index (κ1) is 9.70. The smallest absolute Gasteiger partial charge is 0.366 e. The third kappa shape index (κ3) is 2.15. The SMILES string of the molecule is CNc1nc([N+](=O)[O-])ccc1OC1CC1. The zero-order valence-electron chi connectivity index (χ0n) is 8.27. The summed E-state index contributed by atoms with van der Waals surface area (Å²) in [5.41, 5.74) is 0. The molecule has 0 unspecified atom stereocenters. The molecule has 1 saturated carbocycles. The van der Waals surface area contributed by atoms with E-state index in [1.807, 2.05) is 0 Å². The van der Waals surface area contributed by atoms with Gasteiger partial charge in [-0.15, -0.1) is 0 Å². The molecule has 6 heteroatoms. The molecular weight excluding hydrogens is 198 g/mol. The monoisotopic (exact) mass is 209 g/mol. The van der Waals surface area contributed by atoms with Gasteiger partial charge in [-0.25, -0.2) is 0 Å². The first-order chi connectivity index (χ1) is 7.20. The van der Waals surface area contributed by atoms with E-state index in [2.05, 4.69) is 10.3 Å². The Morgan fingerprint density at radius 3 is 2.87 bits per heavy atom. The highest BCUT2D eigenvalue weighted by Gasteiger charge is 2.26. The van der Waals surface area contributed by atoms with E-state index in [0.29, 0.717) is 11.6 Å². The van der Waals surface area contributed by atoms with Crippen LogP contribution in [0.1, 0.15) is 12.8 Å². The minimum absolute atomic E-state index is 0.178. The number of anilines is 1. The van der Waals surface area contributed by atoms with Crippen molar-refractivity contribution in [1.82, 2.24) is 4.98 Å². The van der Waals surface area contributed by atoms with Gasteiger partial charge >= 0.3 is 5.82 Å². The second-order valence-corrected chi connectivity index (χ2v) is 3.34. The Kier molecular flexibility index (Phi) is 2.40. The molecule has 1 aromatic rings. The van der Waals surface area contributed by atoms with Crippen LogP contribution in [0.15, 0.2) is 12.1 Å². The van der Waals surface area contributed by atoms with Crippen LogP contribution >= 0.6 is 0 Å². The van der Waals surface area contributed by atoms with Gasteiger partial charge in [0.15, 0.2) is 5.75 Å². The van der Waals surface area contributed by atoms with Crippen molar-refractivity contribution in [2.24, 2.45) is 0 Å². The second-order valence-electron chi connectivity index (χ2n) is 3.34. The van der Waals surface area contributed by atoms with E-state index in [-0.39, 0.29) is 11.9 Å². The van der Waals surface area contributed by atoms with Crippen LogP contribution in [0.3, 0.4) is 0 Å². The maximum absolute atomic E-state index is 10.5. The van der Waals surface area contributed by atoms with Gasteiger partial charge < -0.3 is 20.2 Å². The molecule has 0 aromatic carbocycles. The van der Waals surface area contributed by atoms with Crippen molar-refractivity contribution in [1.29, 1.82) is 0 Å². The Morgan fingerprint density at radius 1 is 1.60 bits per heavy atom. The summed E-state index contributed by atoms with van der Waals surface area (Å²) in [7, 11) is 1.66. The first-order valence-electron chi connectivity index (χ1n) is 4.70. The number of hydrogen-bond donors (Lipinski definition) is 1. The van der Waals surface area contributed by atoms with Gasteiger partial charge in [0.2, 0.25) is 0 Å². The van der Waals surface area contributed by atoms with E-state index in [0.717, 1.165) is 12.8 Å². The van der Waals surface area contributed by atoms with Crippen molar-refractivity contribution in [2.45, 2.75) is 18.9 Å². The summed E-state index contributed by atoms with van der Waals surface area (Å²) in [6.45, 7) is 0. The molecule has 80 valence electrons. The normalized spacial score (nSPS) is 14.7. The molecule has 1 aromatic heterocycles. The molecule has 1 aliphatic carbocycles. The molecule has 1 aliphatic rings. The predicted octanol–water partition coefficient (Wildman–Crippen LogP) is 1.57. The molecule has 0 radical (unpaired) electrons. The summed E-state index contributed by atoms with van der Waals surface area (Å²) < 4.78 is 5.53. The minimum atomic E-state index is -0.526. The molecule has 1 N–H and O–H groups in total. The van der Waals surface area contributed by atoms with Crippen LogP contribution in [-0.2, 0) is 0 Å². The van der Waals surface area contributed by atoms with Gasteiger partial charge in [-0.05, 0) is 28.8 Å². The third-order valence-electron chi connectivity index (χ3n) is 2.09. The molecule has 15 heavy (non-hydrogen) atoms. The molecule has 0 spiro atoms. The van der Waals surface area contributed by atoms with Crippen LogP contribution in [0.2, 0.25) is 0 Å². The quantitative estimate of drug-likeness (QED) is 0.601. The number of nitrogens with one attached hydrogen (secondary N) is 1. The fraction of sp³-hybridized carbons (Fsp3) is 0.444. The maximum atomic E-state index is 10.5. The van der Waals surface area contributed by atoms with Gasteiger partial charge in [0, 0.05) is 13.1 Å². The molecule has 1 fully saturated rings. The molecule has 2 rings (SSSR count). The lowest BCUT2D eigenvalue weighted by Crippen LogP contribution is -2.03. The van der Waals surface area contributed by atoms with Crippen LogP contribution < -0.4 is 10.1 Å². The number of rotatable bonds is 4. The lowest BCUT2D eigenvalue weighted by Gasteiger charge is -2.05. The number of nitrogens with zero attached hydrogens (tertiary/aromatic N) is 2. The third-order valence-corrected chi connectivity index (χ3v) is 2.09. The van der Waals surface area contributed by atoms with Crippen molar-refractivity contribution in [3.05, 3.63) is 22.2 Å². The minimum Gasteiger partial charge on any atom is -0.484 e. The first-order valence-corrected chi connectivity index (χ1v) is 4.70. The van der Waals surface area contributed by atoms with Gasteiger partial charge in [-0.2, -0.15) is 0 Å². The van der Waals surface area contributed by atoms with Gasteiger partial charge in [-0.3, -0.25) is 0 Å². The zero-order valence-corrected chi connectivity index (χ0v) is 8.27. The molecule has 0 aliphatic heterocycles. The number of nitro groups is 1. The van der Waals surface area contributed by atoms with Gasteiger partial charge in [0.1, 0.15) is 0 Å². The summed E-state index contributed by atoms with van der Waals surface area (Å²) >= 11 is 0. The summed E-state index contributed by atoms with van der Waals surface area (Å²) in [6.07, 6.45) is 2.33. The van der Waals surface area contributed by atoms with Gasteiger partial charge in [0.05, 0.1) is 6.10 Å². The summed E-state index contributed by atoms with van der Waals surface area (Å²) in [5.74, 6) is 0.809. The number of hydrogen-bond acceptors (Lipinski definition) is 5. The Bertz CT molecular complexity index is 390. The van der Waals surface area contributed by atoms with Crippen LogP contribution in [0.4, 0.5) is 11.6 Å². The Hall–Kier alpha value is -1.85. The Labute approximate surface area is 86.4 Å². The van der Waals surface area contributed by atoms with E-state index in [4.69, 9.17) is 4.74 Å². The maximum Gasteiger partial charge on any atom is 0.366 e.